The molecule has 0 saturated heterocycles. The fourth-order valence-electron chi connectivity index (χ4n) is 8.01. The monoisotopic (exact) mass is 933 g/mol. The first-order chi connectivity index (χ1) is 32.2. The van der Waals surface area contributed by atoms with Gasteiger partial charge in [-0.05, 0) is 103 Å². The van der Waals surface area contributed by atoms with E-state index in [-0.39, 0.29) is 62.8 Å². The highest BCUT2D eigenvalue weighted by Gasteiger charge is 2.24. The summed E-state index contributed by atoms with van der Waals surface area (Å²) in [6.07, 6.45) is 45.4. The number of carbonyl (C=O) groups excluding carboxylic acids is 4. The molecule has 0 aromatic heterocycles. The molecule has 386 valence electrons. The lowest BCUT2D eigenvalue weighted by molar-refractivity contribution is -0.146. The fourth-order valence-corrected chi connectivity index (χ4v) is 8.01. The molecular formula is C54H104N6O6. The summed E-state index contributed by atoms with van der Waals surface area (Å²) < 4.78 is 11.0. The third-order valence-electron chi connectivity index (χ3n) is 12.3. The van der Waals surface area contributed by atoms with Crippen LogP contribution >= 0.6 is 0 Å². The summed E-state index contributed by atoms with van der Waals surface area (Å²) >= 11 is 0. The lowest BCUT2D eigenvalue weighted by Gasteiger charge is -2.27. The molecular weight excluding hydrogens is 829 g/mol. The molecule has 66 heavy (non-hydrogen) atoms. The van der Waals surface area contributed by atoms with E-state index in [2.05, 4.69) is 38.2 Å². The lowest BCUT2D eigenvalue weighted by atomic mass is 10.1. The number of rotatable bonds is 49. The Kier molecular flexibility index (Phi) is 46.6. The van der Waals surface area contributed by atoms with Gasteiger partial charge in [-0.15, -0.1) is 0 Å². The zero-order valence-corrected chi connectivity index (χ0v) is 42.8. The maximum Gasteiger partial charge on any atom is 0.307 e. The second-order valence-corrected chi connectivity index (χ2v) is 18.5. The number of unbranched alkanes of at least 4 members (excludes halogenated alkanes) is 25. The van der Waals surface area contributed by atoms with Crippen LogP contribution in [0.15, 0.2) is 24.3 Å². The van der Waals surface area contributed by atoms with E-state index in [4.69, 9.17) is 32.4 Å². The number of nitrogens with two attached hydrogens (primary N) is 4. The number of hydrogen-bond acceptors (Lipinski definition) is 10. The van der Waals surface area contributed by atoms with Gasteiger partial charge in [-0.1, -0.05) is 154 Å². The van der Waals surface area contributed by atoms with Gasteiger partial charge in [0.05, 0.1) is 38.1 Å². The van der Waals surface area contributed by atoms with Crippen LogP contribution in [0.1, 0.15) is 232 Å². The third kappa shape index (κ3) is 40.3. The van der Waals surface area contributed by atoms with Crippen LogP contribution < -0.4 is 22.9 Å². The average Bonchev–Trinajstić information content (AvgIpc) is 3.31. The van der Waals surface area contributed by atoms with Crippen molar-refractivity contribution in [1.29, 1.82) is 0 Å². The topological polar surface area (TPSA) is 197 Å². The van der Waals surface area contributed by atoms with Crippen molar-refractivity contribution in [3.63, 3.8) is 0 Å². The lowest BCUT2D eigenvalue weighted by Crippen LogP contribution is -2.47. The van der Waals surface area contributed by atoms with Crippen LogP contribution in [0.2, 0.25) is 0 Å². The molecule has 0 aromatic rings. The van der Waals surface area contributed by atoms with Crippen LogP contribution in [0.25, 0.3) is 0 Å². The molecule has 0 unspecified atom stereocenters. The smallest absolute Gasteiger partial charge is 0.307 e. The van der Waals surface area contributed by atoms with Gasteiger partial charge in [0.25, 0.3) is 0 Å². The Bertz CT molecular complexity index is 1110. The molecule has 12 nitrogen and oxygen atoms in total. The van der Waals surface area contributed by atoms with Gasteiger partial charge in [-0.3, -0.25) is 19.2 Å². The van der Waals surface area contributed by atoms with E-state index in [1.807, 2.05) is 0 Å². The Balaban J connectivity index is 4.52. The van der Waals surface area contributed by atoms with E-state index < -0.39 is 12.1 Å². The van der Waals surface area contributed by atoms with E-state index in [0.717, 1.165) is 51.4 Å². The van der Waals surface area contributed by atoms with Crippen LogP contribution in [0.4, 0.5) is 0 Å². The van der Waals surface area contributed by atoms with Crippen LogP contribution in [0.5, 0.6) is 0 Å². The van der Waals surface area contributed by atoms with Crippen molar-refractivity contribution in [2.45, 2.75) is 244 Å². The van der Waals surface area contributed by atoms with Crippen LogP contribution in [0.3, 0.4) is 0 Å². The molecule has 0 spiro atoms. The summed E-state index contributed by atoms with van der Waals surface area (Å²) in [6.45, 7) is 6.92. The van der Waals surface area contributed by atoms with Gasteiger partial charge in [0.2, 0.25) is 11.8 Å². The highest BCUT2D eigenvalue weighted by molar-refractivity contribution is 5.83. The minimum absolute atomic E-state index is 0.0748. The maximum atomic E-state index is 13.3. The molecule has 0 aromatic carbocycles. The molecule has 0 radical (unpaired) electrons. The number of ether oxygens (including phenoxy) is 2. The Morgan fingerprint density at radius 2 is 0.697 bits per heavy atom. The number of hydrogen-bond donors (Lipinski definition) is 4. The molecule has 8 N–H and O–H groups in total. The van der Waals surface area contributed by atoms with Crippen molar-refractivity contribution in [3.05, 3.63) is 24.3 Å². The Morgan fingerprint density at radius 1 is 0.409 bits per heavy atom. The zero-order chi connectivity index (χ0) is 48.6. The number of allylic oxidation sites excluding steroid dienone is 4. The van der Waals surface area contributed by atoms with E-state index in [1.54, 1.807) is 9.80 Å². The van der Waals surface area contributed by atoms with Crippen molar-refractivity contribution in [2.75, 3.05) is 52.5 Å². The Labute approximate surface area is 404 Å². The molecule has 0 saturated carbocycles. The van der Waals surface area contributed by atoms with Crippen LogP contribution in [-0.2, 0) is 28.7 Å². The van der Waals surface area contributed by atoms with E-state index in [9.17, 15) is 19.2 Å². The number of nitrogens with zero attached hydrogens (tertiary/aromatic N) is 2. The summed E-state index contributed by atoms with van der Waals surface area (Å²) in [4.78, 5) is 55.0. The number of amides is 2. The third-order valence-corrected chi connectivity index (χ3v) is 12.3. The first-order valence-corrected chi connectivity index (χ1v) is 27.3. The van der Waals surface area contributed by atoms with Gasteiger partial charge in [0, 0.05) is 26.2 Å². The zero-order valence-electron chi connectivity index (χ0n) is 42.8. The van der Waals surface area contributed by atoms with Crippen LogP contribution in [0, 0.1) is 0 Å². The highest BCUT2D eigenvalue weighted by atomic mass is 16.5. The Morgan fingerprint density at radius 3 is 1.00 bits per heavy atom. The molecule has 0 aliphatic carbocycles. The molecule has 0 rings (SSSR count). The summed E-state index contributed by atoms with van der Waals surface area (Å²) in [7, 11) is 0. The molecule has 12 heteroatoms. The predicted octanol–water partition coefficient (Wildman–Crippen LogP) is 10.7. The van der Waals surface area contributed by atoms with Crippen molar-refractivity contribution < 1.29 is 28.7 Å². The number of carbonyl (C=O) groups is 4. The second-order valence-electron chi connectivity index (χ2n) is 18.5. The van der Waals surface area contributed by atoms with Crippen molar-refractivity contribution in [2.24, 2.45) is 22.9 Å². The normalized spacial score (nSPS) is 12.5. The molecule has 0 aliphatic heterocycles. The number of esters is 2. The minimum atomic E-state index is -0.762. The first kappa shape index (κ1) is 63.2. The predicted molar refractivity (Wildman–Crippen MR) is 276 cm³/mol. The van der Waals surface area contributed by atoms with Gasteiger partial charge in [0.15, 0.2) is 0 Å². The second kappa shape index (κ2) is 48.6. The van der Waals surface area contributed by atoms with Gasteiger partial charge in [-0.25, -0.2) is 0 Å². The van der Waals surface area contributed by atoms with Gasteiger partial charge in [-0.2, -0.15) is 0 Å². The standard InChI is InChI=1S/C54H104N6O6/c1-3-5-7-9-11-13-15-17-19-21-23-25-27-29-31-35-47-65-51(61)39-45-59(53(63)49(57)37-41-55)43-33-34-44-60(54(64)50(58)38-42-56)46-40-52(62)66-48-36-32-30-28-26-24-22-20-18-16-14-12-10-8-6-4-2/h17-20,49-50H,3-16,21-48,55-58H2,1-2H3/b19-17-,20-18-/t49-,50-/m0/s1. The first-order valence-electron chi connectivity index (χ1n) is 27.3. The fraction of sp³-hybridized carbons (Fsp3) is 0.852. The highest BCUT2D eigenvalue weighted by Crippen LogP contribution is 2.13. The molecule has 0 heterocycles. The molecule has 2 amide bonds. The minimum Gasteiger partial charge on any atom is -0.466 e. The van der Waals surface area contributed by atoms with Crippen molar-refractivity contribution >= 4 is 23.8 Å². The largest absolute Gasteiger partial charge is 0.466 e. The van der Waals surface area contributed by atoms with Crippen LogP contribution in [-0.4, -0.2) is 98.1 Å². The molecule has 0 fully saturated rings. The Hall–Kier alpha value is -2.80. The molecule has 0 bridgehead atoms. The average molecular weight is 933 g/mol. The van der Waals surface area contributed by atoms with Crippen molar-refractivity contribution in [3.8, 4) is 0 Å². The van der Waals surface area contributed by atoms with Crippen molar-refractivity contribution in [1.82, 2.24) is 9.80 Å². The summed E-state index contributed by atoms with van der Waals surface area (Å²) in [5.41, 5.74) is 23.7. The van der Waals surface area contributed by atoms with E-state index >= 15 is 0 Å². The van der Waals surface area contributed by atoms with Gasteiger partial charge >= 0.3 is 11.9 Å². The summed E-state index contributed by atoms with van der Waals surface area (Å²) in [5, 5.41) is 0. The van der Waals surface area contributed by atoms with Gasteiger partial charge in [0.1, 0.15) is 0 Å². The SMILES string of the molecule is CCCCCCCC/C=C\CCCCCCCCOC(=O)CCN(CCCCN(CCC(=O)OCCCCCCCC/C=C\CCCCCCCC)C(=O)[C@@H](N)CCN)C(=O)[C@@H](N)CCN. The molecule has 2 atom stereocenters. The quantitative estimate of drug-likeness (QED) is 0.0259. The maximum absolute atomic E-state index is 13.3. The van der Waals surface area contributed by atoms with E-state index in [1.165, 1.54) is 128 Å². The molecule has 0 aliphatic rings. The van der Waals surface area contributed by atoms with E-state index in [0.29, 0.717) is 52.0 Å². The summed E-state index contributed by atoms with van der Waals surface area (Å²) in [6, 6.07) is -1.52. The van der Waals surface area contributed by atoms with Gasteiger partial charge < -0.3 is 42.2 Å². The summed E-state index contributed by atoms with van der Waals surface area (Å²) in [5.74, 6) is -1.19.